The minimum atomic E-state index is -0.571. The van der Waals surface area contributed by atoms with Gasteiger partial charge in [-0.05, 0) is 58.1 Å². The lowest BCUT2D eigenvalue weighted by Crippen LogP contribution is -2.41. The van der Waals surface area contributed by atoms with Crippen molar-refractivity contribution in [2.45, 2.75) is 59.2 Å². The summed E-state index contributed by atoms with van der Waals surface area (Å²) < 4.78 is 18.2. The first kappa shape index (κ1) is 19.5. The second kappa shape index (κ2) is 6.73. The Kier molecular flexibility index (Phi) is 5.06. The van der Waals surface area contributed by atoms with Crippen LogP contribution in [0.4, 0.5) is 0 Å². The molecule has 1 aromatic rings. The molecular formula is C19H27BClNO4. The zero-order valence-electron chi connectivity index (χ0n) is 16.4. The van der Waals surface area contributed by atoms with E-state index in [9.17, 15) is 4.79 Å². The van der Waals surface area contributed by atoms with E-state index in [1.807, 2.05) is 45.6 Å². The Morgan fingerprint density at radius 2 is 1.85 bits per heavy atom. The molecule has 26 heavy (non-hydrogen) atoms. The average Bonchev–Trinajstić information content (AvgIpc) is 2.67. The molecule has 1 fully saturated rings. The molecule has 0 unspecified atom stereocenters. The number of benzene rings is 1. The molecule has 1 saturated heterocycles. The van der Waals surface area contributed by atoms with Gasteiger partial charge < -0.3 is 18.9 Å². The summed E-state index contributed by atoms with van der Waals surface area (Å²) in [5.41, 5.74) is 1.16. The van der Waals surface area contributed by atoms with Crippen molar-refractivity contribution < 1.29 is 18.8 Å². The standard InChI is InChI=1S/C19H27BClNO4/c1-7-8-22-9-10-24-16-13(17(22)23)11-14(12(2)15(16)21)20-25-18(3,4)19(5,6)26-20/h11H,7-10H2,1-6H3. The molecule has 0 aromatic heterocycles. The van der Waals surface area contributed by atoms with Gasteiger partial charge in [0.1, 0.15) is 6.61 Å². The normalized spacial score (nSPS) is 21.4. The van der Waals surface area contributed by atoms with E-state index in [0.29, 0.717) is 36.0 Å². The van der Waals surface area contributed by atoms with Crippen LogP contribution in [0.2, 0.25) is 5.02 Å². The molecule has 7 heteroatoms. The maximum Gasteiger partial charge on any atom is 0.495 e. The van der Waals surface area contributed by atoms with Gasteiger partial charge in [-0.3, -0.25) is 4.79 Å². The lowest BCUT2D eigenvalue weighted by atomic mass is 9.75. The quantitative estimate of drug-likeness (QED) is 0.757. The lowest BCUT2D eigenvalue weighted by Gasteiger charge is -2.32. The summed E-state index contributed by atoms with van der Waals surface area (Å²) >= 11 is 6.59. The van der Waals surface area contributed by atoms with Gasteiger partial charge in [0.2, 0.25) is 0 Å². The molecule has 0 bridgehead atoms. The first-order valence-corrected chi connectivity index (χ1v) is 9.57. The molecule has 2 aliphatic heterocycles. The highest BCUT2D eigenvalue weighted by molar-refractivity contribution is 6.63. The van der Waals surface area contributed by atoms with Crippen LogP contribution in [0.3, 0.4) is 0 Å². The van der Waals surface area contributed by atoms with Crippen LogP contribution < -0.4 is 10.2 Å². The number of amides is 1. The Labute approximate surface area is 161 Å². The summed E-state index contributed by atoms with van der Waals surface area (Å²) in [5.74, 6) is 0.409. The van der Waals surface area contributed by atoms with Gasteiger partial charge in [0.15, 0.2) is 5.75 Å². The van der Waals surface area contributed by atoms with E-state index in [4.69, 9.17) is 25.6 Å². The van der Waals surface area contributed by atoms with E-state index < -0.39 is 18.3 Å². The molecule has 0 saturated carbocycles. The first-order valence-electron chi connectivity index (χ1n) is 9.19. The van der Waals surface area contributed by atoms with Crippen LogP contribution in [0.25, 0.3) is 0 Å². The lowest BCUT2D eigenvalue weighted by molar-refractivity contribution is 0.00578. The molecule has 2 aliphatic rings. The van der Waals surface area contributed by atoms with Crippen molar-refractivity contribution in [3.8, 4) is 5.75 Å². The summed E-state index contributed by atoms with van der Waals surface area (Å²) in [6.45, 7) is 13.7. The van der Waals surface area contributed by atoms with Gasteiger partial charge in [0, 0.05) is 6.54 Å². The SMILES string of the molecule is CCCN1CCOc2c(cc(B3OC(C)(C)C(C)(C)O3)c(C)c2Cl)C1=O. The van der Waals surface area contributed by atoms with Crippen LogP contribution in [0.1, 0.15) is 57.0 Å². The van der Waals surface area contributed by atoms with Gasteiger partial charge in [-0.25, -0.2) is 0 Å². The Hall–Kier alpha value is -1.24. The number of carbonyl (C=O) groups excluding carboxylic acids is 1. The molecule has 142 valence electrons. The largest absolute Gasteiger partial charge is 0.495 e. The predicted molar refractivity (Wildman–Crippen MR) is 104 cm³/mol. The maximum absolute atomic E-state index is 13.0. The summed E-state index contributed by atoms with van der Waals surface area (Å²) in [5, 5.41) is 0.457. The minimum absolute atomic E-state index is 0.0565. The number of fused-ring (bicyclic) bond motifs is 1. The third-order valence-electron chi connectivity index (χ3n) is 5.63. The van der Waals surface area contributed by atoms with Crippen LogP contribution >= 0.6 is 11.6 Å². The van der Waals surface area contributed by atoms with Crippen molar-refractivity contribution in [1.82, 2.24) is 4.90 Å². The molecule has 0 atom stereocenters. The fraction of sp³-hybridized carbons (Fsp3) is 0.632. The summed E-state index contributed by atoms with van der Waals surface area (Å²) in [7, 11) is -0.571. The number of hydrogen-bond donors (Lipinski definition) is 0. The van der Waals surface area contributed by atoms with Crippen molar-refractivity contribution >= 4 is 30.1 Å². The first-order chi connectivity index (χ1) is 12.1. The smallest absolute Gasteiger partial charge is 0.489 e. The highest BCUT2D eigenvalue weighted by Crippen LogP contribution is 2.39. The molecular weight excluding hydrogens is 352 g/mol. The van der Waals surface area contributed by atoms with E-state index in [1.165, 1.54) is 0 Å². The van der Waals surface area contributed by atoms with Gasteiger partial charge in [-0.1, -0.05) is 18.5 Å². The van der Waals surface area contributed by atoms with Crippen LogP contribution in [-0.2, 0) is 9.31 Å². The number of carbonyl (C=O) groups is 1. The number of hydrogen-bond acceptors (Lipinski definition) is 4. The summed E-state index contributed by atoms with van der Waals surface area (Å²) in [6.07, 6.45) is 0.894. The van der Waals surface area contributed by atoms with Crippen LogP contribution in [0, 0.1) is 6.92 Å². The number of rotatable bonds is 3. The molecule has 0 aliphatic carbocycles. The number of ether oxygens (including phenoxy) is 1. The average molecular weight is 380 g/mol. The highest BCUT2D eigenvalue weighted by Gasteiger charge is 2.52. The fourth-order valence-corrected chi connectivity index (χ4v) is 3.54. The molecule has 3 rings (SSSR count). The van der Waals surface area contributed by atoms with E-state index in [1.54, 1.807) is 0 Å². The molecule has 0 N–H and O–H groups in total. The minimum Gasteiger partial charge on any atom is -0.489 e. The maximum atomic E-state index is 13.0. The van der Waals surface area contributed by atoms with Crippen LogP contribution in [0.5, 0.6) is 5.75 Å². The second-order valence-corrected chi connectivity index (χ2v) is 8.39. The van der Waals surface area contributed by atoms with Gasteiger partial charge in [0.05, 0.1) is 28.3 Å². The zero-order chi connectivity index (χ0) is 19.3. The highest BCUT2D eigenvalue weighted by atomic mass is 35.5. The van der Waals surface area contributed by atoms with Crippen molar-refractivity contribution in [3.05, 3.63) is 22.2 Å². The van der Waals surface area contributed by atoms with Gasteiger partial charge in [-0.2, -0.15) is 0 Å². The van der Waals surface area contributed by atoms with Crippen molar-refractivity contribution in [1.29, 1.82) is 0 Å². The summed E-state index contributed by atoms with van der Waals surface area (Å²) in [6, 6.07) is 1.83. The van der Waals surface area contributed by atoms with E-state index in [-0.39, 0.29) is 5.91 Å². The van der Waals surface area contributed by atoms with E-state index in [2.05, 4.69) is 6.92 Å². The number of nitrogens with zero attached hydrogens (tertiary/aromatic N) is 1. The third-order valence-corrected chi connectivity index (χ3v) is 6.09. The topological polar surface area (TPSA) is 48.0 Å². The fourth-order valence-electron chi connectivity index (χ4n) is 3.27. The molecule has 0 spiro atoms. The van der Waals surface area contributed by atoms with E-state index >= 15 is 0 Å². The van der Waals surface area contributed by atoms with Crippen LogP contribution in [-0.4, -0.2) is 48.8 Å². The monoisotopic (exact) mass is 379 g/mol. The van der Waals surface area contributed by atoms with Gasteiger partial charge in [0.25, 0.3) is 5.91 Å². The molecule has 1 amide bonds. The molecule has 5 nitrogen and oxygen atoms in total. The van der Waals surface area contributed by atoms with Crippen LogP contribution in [0.15, 0.2) is 6.07 Å². The van der Waals surface area contributed by atoms with Crippen molar-refractivity contribution in [3.63, 3.8) is 0 Å². The summed E-state index contributed by atoms with van der Waals surface area (Å²) in [4.78, 5) is 14.8. The van der Waals surface area contributed by atoms with Crippen molar-refractivity contribution in [2.24, 2.45) is 0 Å². The molecule has 0 radical (unpaired) electrons. The number of halogens is 1. The Bertz CT molecular complexity index is 719. The Morgan fingerprint density at radius 3 is 2.42 bits per heavy atom. The third kappa shape index (κ3) is 3.12. The Morgan fingerprint density at radius 1 is 1.23 bits per heavy atom. The molecule has 2 heterocycles. The second-order valence-electron chi connectivity index (χ2n) is 8.01. The van der Waals surface area contributed by atoms with Gasteiger partial charge in [-0.15, -0.1) is 0 Å². The predicted octanol–water partition coefficient (Wildman–Crippen LogP) is 3.19. The van der Waals surface area contributed by atoms with Crippen molar-refractivity contribution in [2.75, 3.05) is 19.7 Å². The molecule has 1 aromatic carbocycles. The van der Waals surface area contributed by atoms with E-state index in [0.717, 1.165) is 17.4 Å². The Balaban J connectivity index is 2.06. The van der Waals surface area contributed by atoms with Gasteiger partial charge >= 0.3 is 7.12 Å². The zero-order valence-corrected chi connectivity index (χ0v) is 17.2.